The fourth-order valence-corrected chi connectivity index (χ4v) is 8.83. The summed E-state index contributed by atoms with van der Waals surface area (Å²) in [6, 6.07) is 19.8. The molecule has 0 unspecified atom stereocenters. The maximum Gasteiger partial charge on any atom is 0.293 e. The average Bonchev–Trinajstić information content (AvgIpc) is 3.71. The van der Waals surface area contributed by atoms with Gasteiger partial charge in [-0.3, -0.25) is 29.8 Å². The van der Waals surface area contributed by atoms with E-state index in [1.165, 1.54) is 40.5 Å². The molecule has 1 fully saturated rings. The SMILES string of the molecule is CC1(C)CCC(CN2CCN(c3ccc(C(=O)NS(=O)(=O)c4ccc(NCCCC(=O)NO)c([N+](=O)[O-])c4)c(Oc4cnc5[nH]ccc5c4)c3)CC2)=C(c2ccc(Cl)cc2)C1. The Bertz CT molecular complexity index is 2590. The predicted molar refractivity (Wildman–Crippen MR) is 233 cm³/mol. The van der Waals surface area contributed by atoms with Crippen molar-refractivity contribution in [3.8, 4) is 11.5 Å². The van der Waals surface area contributed by atoms with Gasteiger partial charge in [0.2, 0.25) is 5.91 Å². The van der Waals surface area contributed by atoms with E-state index in [2.05, 4.69) is 55.8 Å². The van der Waals surface area contributed by atoms with Crippen LogP contribution in [0.1, 0.15) is 61.9 Å². The Kier molecular flexibility index (Phi) is 12.9. The number of sulfonamides is 1. The van der Waals surface area contributed by atoms with E-state index in [9.17, 15) is 28.1 Å². The number of nitrogens with one attached hydrogen (secondary N) is 4. The summed E-state index contributed by atoms with van der Waals surface area (Å²) in [5.74, 6) is -1.21. The zero-order valence-electron chi connectivity index (χ0n) is 33.7. The van der Waals surface area contributed by atoms with Crippen molar-refractivity contribution in [1.29, 1.82) is 0 Å². The standard InChI is InChI=1S/C43H47ClN8O8S/c1-43(2)15-13-30(36(25-43)28-5-7-31(44)8-6-28)27-50-18-20-51(21-19-50)32-9-11-35(39(23-32)60-33-22-29-14-17-46-41(29)47-26-33)42(54)49-61(58,59)34-10-12-37(38(24-34)52(56)57)45-16-3-4-40(53)48-55/h5-12,14,17,22-24,26,45,55H,3-4,13,15-16,18-21,25,27H2,1-2H3,(H,46,47)(H,48,53)(H,49,54). The van der Waals surface area contributed by atoms with E-state index in [0.717, 1.165) is 62.1 Å². The Morgan fingerprint density at radius 3 is 2.54 bits per heavy atom. The lowest BCUT2D eigenvalue weighted by Gasteiger charge is -2.39. The van der Waals surface area contributed by atoms with E-state index >= 15 is 0 Å². The highest BCUT2D eigenvalue weighted by Crippen LogP contribution is 2.43. The zero-order valence-corrected chi connectivity index (χ0v) is 35.3. The number of hydroxylamine groups is 1. The number of carbonyl (C=O) groups is 2. The zero-order chi connectivity index (χ0) is 43.3. The van der Waals surface area contributed by atoms with Crippen LogP contribution in [0.2, 0.25) is 5.02 Å². The second kappa shape index (κ2) is 18.3. The van der Waals surface area contributed by atoms with Crippen LogP contribution in [0.3, 0.4) is 0 Å². The Morgan fingerprint density at radius 1 is 1.03 bits per heavy atom. The van der Waals surface area contributed by atoms with Gasteiger partial charge >= 0.3 is 0 Å². The predicted octanol–water partition coefficient (Wildman–Crippen LogP) is 7.52. The van der Waals surface area contributed by atoms with Gasteiger partial charge in [0.05, 0.1) is 21.6 Å². The van der Waals surface area contributed by atoms with Crippen LogP contribution in [-0.4, -0.2) is 84.5 Å². The van der Waals surface area contributed by atoms with E-state index < -0.39 is 37.3 Å². The molecule has 16 nitrogen and oxygen atoms in total. The molecular formula is C43H47ClN8O8S. The Balaban J connectivity index is 1.09. The number of ether oxygens (including phenoxy) is 1. The first-order valence-electron chi connectivity index (χ1n) is 19.9. The number of fused-ring (bicyclic) bond motifs is 1. The van der Waals surface area contributed by atoms with E-state index in [0.29, 0.717) is 29.5 Å². The summed E-state index contributed by atoms with van der Waals surface area (Å²) in [5.41, 5.74) is 6.58. The molecule has 3 heterocycles. The number of aromatic amines is 1. The van der Waals surface area contributed by atoms with Crippen molar-refractivity contribution >= 4 is 67.1 Å². The minimum Gasteiger partial charge on any atom is -0.455 e. The molecule has 61 heavy (non-hydrogen) atoms. The van der Waals surface area contributed by atoms with Crippen LogP contribution >= 0.6 is 11.6 Å². The molecule has 1 aliphatic heterocycles. The van der Waals surface area contributed by atoms with Crippen LogP contribution in [0, 0.1) is 15.5 Å². The van der Waals surface area contributed by atoms with Crippen molar-refractivity contribution in [3.63, 3.8) is 0 Å². The summed E-state index contributed by atoms with van der Waals surface area (Å²) in [6.45, 7) is 8.63. The number of nitro groups is 1. The molecule has 5 aromatic rings. The number of rotatable bonds is 15. The molecule has 5 N–H and O–H groups in total. The van der Waals surface area contributed by atoms with E-state index in [1.807, 2.05) is 18.2 Å². The summed E-state index contributed by atoms with van der Waals surface area (Å²) in [4.78, 5) is 47.9. The van der Waals surface area contributed by atoms with Crippen molar-refractivity contribution in [2.75, 3.05) is 49.5 Å². The van der Waals surface area contributed by atoms with E-state index in [-0.39, 0.29) is 41.8 Å². The monoisotopic (exact) mass is 870 g/mol. The number of H-pyrrole nitrogens is 1. The minimum absolute atomic E-state index is 0.0117. The molecule has 0 radical (unpaired) electrons. The molecule has 2 amide bonds. The van der Waals surface area contributed by atoms with Crippen molar-refractivity contribution in [2.24, 2.45) is 5.41 Å². The summed E-state index contributed by atoms with van der Waals surface area (Å²) >= 11 is 6.23. The highest BCUT2D eigenvalue weighted by Gasteiger charge is 2.30. The smallest absolute Gasteiger partial charge is 0.293 e. The fourth-order valence-electron chi connectivity index (χ4n) is 7.72. The van der Waals surface area contributed by atoms with Crippen LogP contribution < -0.4 is 25.2 Å². The number of aromatic nitrogens is 2. The van der Waals surface area contributed by atoms with Gasteiger partial charge in [0, 0.05) is 80.1 Å². The number of allylic oxidation sites excluding steroid dienone is 1. The maximum absolute atomic E-state index is 13.8. The molecule has 18 heteroatoms. The largest absolute Gasteiger partial charge is 0.455 e. The van der Waals surface area contributed by atoms with Crippen LogP contribution in [0.25, 0.3) is 16.6 Å². The topological polar surface area (TPSA) is 212 Å². The van der Waals surface area contributed by atoms with E-state index in [1.54, 1.807) is 24.4 Å². The number of piperazine rings is 1. The first-order valence-corrected chi connectivity index (χ1v) is 21.8. The highest BCUT2D eigenvalue weighted by atomic mass is 35.5. The molecule has 0 spiro atoms. The van der Waals surface area contributed by atoms with Crippen LogP contribution in [0.5, 0.6) is 11.5 Å². The van der Waals surface area contributed by atoms with Gasteiger partial charge in [-0.15, -0.1) is 0 Å². The third-order valence-corrected chi connectivity index (χ3v) is 12.6. The fraction of sp³-hybridized carbons (Fsp3) is 0.326. The first-order chi connectivity index (χ1) is 29.2. The van der Waals surface area contributed by atoms with Crippen LogP contribution in [-0.2, 0) is 14.8 Å². The van der Waals surface area contributed by atoms with Gasteiger partial charge in [-0.25, -0.2) is 23.6 Å². The Hall–Kier alpha value is -6.01. The molecule has 0 atom stereocenters. The number of hydrogen-bond acceptors (Lipinski definition) is 12. The molecule has 0 bridgehead atoms. The molecule has 2 aliphatic rings. The van der Waals surface area contributed by atoms with E-state index in [4.69, 9.17) is 21.5 Å². The van der Waals surface area contributed by atoms with Gasteiger partial charge < -0.3 is 19.9 Å². The van der Waals surface area contributed by atoms with Crippen LogP contribution in [0.4, 0.5) is 17.1 Å². The lowest BCUT2D eigenvalue weighted by molar-refractivity contribution is -0.384. The van der Waals surface area contributed by atoms with Crippen LogP contribution in [0.15, 0.2) is 95.7 Å². The average molecular weight is 871 g/mol. The Labute approximate surface area is 358 Å². The second-order valence-corrected chi connectivity index (χ2v) is 18.1. The summed E-state index contributed by atoms with van der Waals surface area (Å²) in [5, 5.41) is 24.9. The second-order valence-electron chi connectivity index (χ2n) is 16.0. The van der Waals surface area contributed by atoms with Crippen molar-refractivity contribution in [3.05, 3.63) is 117 Å². The molecule has 2 aromatic heterocycles. The van der Waals surface area contributed by atoms with Crippen molar-refractivity contribution < 1.29 is 32.9 Å². The number of nitrogens with zero attached hydrogens (tertiary/aromatic N) is 4. The molecule has 320 valence electrons. The number of pyridine rings is 1. The first kappa shape index (κ1) is 43.1. The number of carbonyl (C=O) groups excluding carboxylic acids is 2. The summed E-state index contributed by atoms with van der Waals surface area (Å²) < 4.78 is 35.5. The van der Waals surface area contributed by atoms with Gasteiger partial charge in [-0.2, -0.15) is 0 Å². The number of amides is 2. The lowest BCUT2D eigenvalue weighted by atomic mass is 9.72. The van der Waals surface area contributed by atoms with Gasteiger partial charge in [0.1, 0.15) is 22.8 Å². The number of halogens is 1. The summed E-state index contributed by atoms with van der Waals surface area (Å²) in [6.07, 6.45) is 6.58. The van der Waals surface area contributed by atoms with Gasteiger partial charge in [0.25, 0.3) is 21.6 Å². The van der Waals surface area contributed by atoms with Gasteiger partial charge in [0.15, 0.2) is 0 Å². The third kappa shape index (κ3) is 10.5. The lowest BCUT2D eigenvalue weighted by Crippen LogP contribution is -2.47. The minimum atomic E-state index is -4.62. The normalized spacial score (nSPS) is 15.7. The van der Waals surface area contributed by atoms with Crippen molar-refractivity contribution in [1.82, 2.24) is 25.1 Å². The maximum atomic E-state index is 13.8. The quantitative estimate of drug-likeness (QED) is 0.0299. The molecule has 1 saturated heterocycles. The third-order valence-electron chi connectivity index (χ3n) is 11.1. The molecule has 3 aromatic carbocycles. The Morgan fingerprint density at radius 2 is 1.80 bits per heavy atom. The number of hydrogen-bond donors (Lipinski definition) is 5. The van der Waals surface area contributed by atoms with Gasteiger partial charge in [-0.05, 0) is 90.8 Å². The van der Waals surface area contributed by atoms with Crippen molar-refractivity contribution in [2.45, 2.75) is 50.8 Å². The number of anilines is 2. The number of nitro benzene ring substituents is 1. The molecule has 0 saturated carbocycles. The summed E-state index contributed by atoms with van der Waals surface area (Å²) in [7, 11) is -4.62. The number of benzene rings is 3. The molecular weight excluding hydrogens is 824 g/mol. The molecule has 7 rings (SSSR count). The molecule has 1 aliphatic carbocycles. The highest BCUT2D eigenvalue weighted by molar-refractivity contribution is 7.90. The van der Waals surface area contributed by atoms with Gasteiger partial charge in [-0.1, -0.05) is 43.2 Å².